The first-order valence-electron chi connectivity index (χ1n) is 22.4. The highest BCUT2D eigenvalue weighted by Gasteiger charge is 2.50. The van der Waals surface area contributed by atoms with Crippen molar-refractivity contribution in [3.8, 4) is 17.1 Å². The number of halogens is 1. The highest BCUT2D eigenvalue weighted by molar-refractivity contribution is 7.81. The fourth-order valence-electron chi connectivity index (χ4n) is 7.95. The third-order valence-corrected chi connectivity index (χ3v) is 12.3. The lowest BCUT2D eigenvalue weighted by Crippen LogP contribution is -2.55. The summed E-state index contributed by atoms with van der Waals surface area (Å²) in [6.45, 7) is 10.9. The van der Waals surface area contributed by atoms with Gasteiger partial charge in [-0.1, -0.05) is 49.7 Å². The molecule has 0 saturated carbocycles. The van der Waals surface area contributed by atoms with E-state index in [-0.39, 0.29) is 50.5 Å². The molecule has 3 aromatic carbocycles. The molecule has 4 amide bonds. The van der Waals surface area contributed by atoms with Crippen molar-refractivity contribution in [2.75, 3.05) is 56.4 Å². The summed E-state index contributed by atoms with van der Waals surface area (Å²) in [5.74, 6) is -0.351. The Hall–Kier alpha value is -5.72. The number of nitrogens with one attached hydrogen (secondary N) is 2. The SMILES string of the molecule is CN=Cc1ccc(N2C(=O)C(C)(C)N(c3ccc(OCCCCOCCCOCC(=O)N[C@H](C(=O)N4C[C@H](O)C[C@H]4C(=O)NCc4ccc(-c5ocnc5C)cc4)C(C)C)cc3)C2=S)cc1Cl. The molecule has 3 N–H and O–H groups in total. The van der Waals surface area contributed by atoms with Crippen molar-refractivity contribution >= 4 is 70.1 Å². The van der Waals surface area contributed by atoms with E-state index in [4.69, 9.17) is 42.4 Å². The number of ether oxygens (including phenoxy) is 3. The average molecular weight is 959 g/mol. The van der Waals surface area contributed by atoms with Crippen LogP contribution in [0.15, 0.2) is 82.5 Å². The molecule has 0 aliphatic carbocycles. The summed E-state index contributed by atoms with van der Waals surface area (Å²) in [6, 6.07) is 18.5. The van der Waals surface area contributed by atoms with Gasteiger partial charge in [-0.2, -0.15) is 0 Å². The number of unbranched alkanes of at least 4 members (excludes halogenated alkanes) is 1. The molecule has 16 nitrogen and oxygen atoms in total. The normalized spacial score (nSPS) is 17.5. The van der Waals surface area contributed by atoms with Gasteiger partial charge in [0.05, 0.1) is 29.1 Å². The van der Waals surface area contributed by atoms with E-state index in [1.807, 2.05) is 94.1 Å². The Morgan fingerprint density at radius 3 is 2.36 bits per heavy atom. The van der Waals surface area contributed by atoms with Crippen molar-refractivity contribution in [2.45, 2.75) is 90.6 Å². The molecule has 0 bridgehead atoms. The van der Waals surface area contributed by atoms with Crippen LogP contribution in [0.3, 0.4) is 0 Å². The number of benzene rings is 3. The van der Waals surface area contributed by atoms with Gasteiger partial charge in [0.1, 0.15) is 30.0 Å². The Bertz CT molecular complexity index is 2390. The molecule has 0 spiro atoms. The van der Waals surface area contributed by atoms with Crippen molar-refractivity contribution in [2.24, 2.45) is 10.9 Å². The molecule has 18 heteroatoms. The Labute approximate surface area is 402 Å². The molecule has 3 heterocycles. The van der Waals surface area contributed by atoms with Crippen molar-refractivity contribution in [1.82, 2.24) is 20.5 Å². The topological polar surface area (TPSA) is 188 Å². The zero-order valence-corrected chi connectivity index (χ0v) is 40.4. The molecular weight excluding hydrogens is 898 g/mol. The van der Waals surface area contributed by atoms with Crippen molar-refractivity contribution in [3.63, 3.8) is 0 Å². The number of oxazole rings is 1. The first-order chi connectivity index (χ1) is 32.1. The number of carbonyl (C=O) groups is 4. The maximum absolute atomic E-state index is 13.7. The monoisotopic (exact) mass is 957 g/mol. The summed E-state index contributed by atoms with van der Waals surface area (Å²) in [6.07, 6.45) is 4.41. The zero-order valence-electron chi connectivity index (χ0n) is 38.8. The summed E-state index contributed by atoms with van der Waals surface area (Å²) >= 11 is 12.3. The van der Waals surface area contributed by atoms with Gasteiger partial charge < -0.3 is 44.2 Å². The molecule has 67 heavy (non-hydrogen) atoms. The van der Waals surface area contributed by atoms with Crippen molar-refractivity contribution < 1.29 is 42.9 Å². The molecule has 358 valence electrons. The van der Waals surface area contributed by atoms with E-state index in [9.17, 15) is 24.3 Å². The summed E-state index contributed by atoms with van der Waals surface area (Å²) < 4.78 is 22.7. The Morgan fingerprint density at radius 2 is 1.69 bits per heavy atom. The van der Waals surface area contributed by atoms with Gasteiger partial charge in [-0.05, 0) is 106 Å². The van der Waals surface area contributed by atoms with Gasteiger partial charge in [0.2, 0.25) is 17.7 Å². The Morgan fingerprint density at radius 1 is 1.00 bits per heavy atom. The molecule has 1 aromatic heterocycles. The highest BCUT2D eigenvalue weighted by Crippen LogP contribution is 2.38. The molecule has 0 radical (unpaired) electrons. The maximum atomic E-state index is 13.7. The second-order valence-corrected chi connectivity index (χ2v) is 18.1. The fourth-order valence-corrected chi connectivity index (χ4v) is 8.69. The van der Waals surface area contributed by atoms with E-state index in [1.165, 1.54) is 16.2 Å². The minimum atomic E-state index is -0.931. The molecule has 6 rings (SSSR count). The maximum Gasteiger partial charge on any atom is 0.259 e. The summed E-state index contributed by atoms with van der Waals surface area (Å²) in [5, 5.41) is 17.0. The zero-order chi connectivity index (χ0) is 48.3. The lowest BCUT2D eigenvalue weighted by atomic mass is 10.0. The highest BCUT2D eigenvalue weighted by atomic mass is 35.5. The number of amides is 4. The van der Waals surface area contributed by atoms with E-state index in [0.717, 1.165) is 40.9 Å². The molecule has 2 saturated heterocycles. The van der Waals surface area contributed by atoms with E-state index in [0.29, 0.717) is 53.6 Å². The molecule has 4 aromatic rings. The smallest absolute Gasteiger partial charge is 0.259 e. The van der Waals surface area contributed by atoms with Crippen molar-refractivity contribution in [1.29, 1.82) is 0 Å². The van der Waals surface area contributed by atoms with Crippen molar-refractivity contribution in [3.05, 3.63) is 95.0 Å². The number of aromatic nitrogens is 1. The standard InChI is InChI=1S/C49H60ClN7O9S/c1-31(2)43(46(61)55-28-38(58)25-41(55)45(60)52-26-33-10-12-34(13-11-33)44-32(3)53-30-66-44)54-42(59)29-64-22-9-21-63-20-7-8-23-65-39-18-16-36(17-19-39)57-48(67)56(47(62)49(57,4)5)37-15-14-35(27-51-6)40(50)24-37/h10-19,24,27,30-31,38,41,43,58H,7-9,20-23,25-26,28-29H2,1-6H3,(H,52,60)(H,54,59)/t38-,41+,43+/m1/s1. The number of likely N-dealkylation sites (tertiary alicyclic amines) is 1. The number of thiocarbonyl (C=S) groups is 1. The van der Waals surface area contributed by atoms with Crippen LogP contribution in [0.1, 0.15) is 70.2 Å². The van der Waals surface area contributed by atoms with Gasteiger partial charge in [-0.3, -0.25) is 29.1 Å². The van der Waals surface area contributed by atoms with Gasteiger partial charge in [0, 0.05) is 69.4 Å². The lowest BCUT2D eigenvalue weighted by molar-refractivity contribution is -0.143. The number of rotatable bonds is 22. The van der Waals surface area contributed by atoms with Crippen LogP contribution in [0.2, 0.25) is 5.02 Å². The van der Waals surface area contributed by atoms with Crippen LogP contribution in [0.4, 0.5) is 11.4 Å². The van der Waals surface area contributed by atoms with Crippen LogP contribution in [0, 0.1) is 12.8 Å². The van der Waals surface area contributed by atoms with Crippen LogP contribution in [-0.2, 0) is 35.2 Å². The quantitative estimate of drug-likeness (QED) is 0.0456. The van der Waals surface area contributed by atoms with E-state index < -0.39 is 35.5 Å². The van der Waals surface area contributed by atoms with Crippen LogP contribution in [-0.4, -0.2) is 120 Å². The number of aryl methyl sites for hydroxylation is 1. The summed E-state index contributed by atoms with van der Waals surface area (Å²) in [5.41, 5.74) is 3.66. The number of hydrogen-bond acceptors (Lipinski definition) is 12. The third kappa shape index (κ3) is 12.6. The number of anilines is 2. The number of hydrogen-bond donors (Lipinski definition) is 3. The van der Waals surface area contributed by atoms with Gasteiger partial charge >= 0.3 is 0 Å². The van der Waals surface area contributed by atoms with Gasteiger partial charge in [-0.15, -0.1) is 0 Å². The largest absolute Gasteiger partial charge is 0.494 e. The van der Waals surface area contributed by atoms with Gasteiger partial charge in [0.25, 0.3) is 5.91 Å². The van der Waals surface area contributed by atoms with Crippen LogP contribution >= 0.6 is 23.8 Å². The second kappa shape index (κ2) is 23.3. The third-order valence-electron chi connectivity index (χ3n) is 11.6. The van der Waals surface area contributed by atoms with E-state index >= 15 is 0 Å². The molecule has 2 aliphatic heterocycles. The number of β-amino-alcohol motifs (C(OH)–C–C–N with tert-alkyl or cyclic N) is 1. The minimum Gasteiger partial charge on any atom is -0.494 e. The summed E-state index contributed by atoms with van der Waals surface area (Å²) in [7, 11) is 1.67. The van der Waals surface area contributed by atoms with Crippen LogP contribution in [0.25, 0.3) is 11.3 Å². The number of aliphatic hydroxyl groups is 1. The summed E-state index contributed by atoms with van der Waals surface area (Å²) in [4.78, 5) is 66.4. The molecule has 2 fully saturated rings. The minimum absolute atomic E-state index is 0.0129. The second-order valence-electron chi connectivity index (χ2n) is 17.3. The Kier molecular flexibility index (Phi) is 17.7. The molecule has 0 unspecified atom stereocenters. The first kappa shape index (κ1) is 50.7. The number of aliphatic imine (C=N–C) groups is 1. The number of carbonyl (C=O) groups excluding carboxylic acids is 4. The van der Waals surface area contributed by atoms with Crippen LogP contribution in [0.5, 0.6) is 5.75 Å². The molecule has 2 aliphatic rings. The van der Waals surface area contributed by atoms with Gasteiger partial charge in [-0.25, -0.2) is 4.98 Å². The number of aliphatic hydroxyl groups excluding tert-OH is 1. The first-order valence-corrected chi connectivity index (χ1v) is 23.2. The molecular formula is C49H60ClN7O9S. The van der Waals surface area contributed by atoms with E-state index in [1.54, 1.807) is 25.4 Å². The van der Waals surface area contributed by atoms with Crippen LogP contribution < -0.4 is 25.2 Å². The average Bonchev–Trinajstić information content (AvgIpc) is 3.97. The Balaban J connectivity index is 0.844. The predicted molar refractivity (Wildman–Crippen MR) is 260 cm³/mol. The number of nitrogens with zero attached hydrogens (tertiary/aromatic N) is 5. The van der Waals surface area contributed by atoms with Gasteiger partial charge in [0.15, 0.2) is 17.3 Å². The fraction of sp³-hybridized carbons (Fsp3) is 0.449. The predicted octanol–water partition coefficient (Wildman–Crippen LogP) is 6.27. The lowest BCUT2D eigenvalue weighted by Gasteiger charge is -2.30. The van der Waals surface area contributed by atoms with E-state index in [2.05, 4.69) is 20.6 Å². The molecule has 3 atom stereocenters.